The van der Waals surface area contributed by atoms with Gasteiger partial charge in [-0.05, 0) is 18.1 Å². The van der Waals surface area contributed by atoms with Gasteiger partial charge in [-0.3, -0.25) is 9.48 Å². The van der Waals surface area contributed by atoms with Crippen molar-refractivity contribution in [1.82, 2.24) is 14.7 Å². The SMILES string of the molecule is Cc1cnn(CCC(=O)N2C[C@H](c3ccccc3)[C@H]2CO)c1. The summed E-state index contributed by atoms with van der Waals surface area (Å²) in [6, 6.07) is 9.98. The van der Waals surface area contributed by atoms with Crippen LogP contribution in [0.5, 0.6) is 0 Å². The summed E-state index contributed by atoms with van der Waals surface area (Å²) in [5, 5.41) is 13.8. The quantitative estimate of drug-likeness (QED) is 0.911. The van der Waals surface area contributed by atoms with Crippen LogP contribution in [0, 0.1) is 6.92 Å². The van der Waals surface area contributed by atoms with Crippen LogP contribution in [0.3, 0.4) is 0 Å². The molecule has 1 aromatic heterocycles. The maximum Gasteiger partial charge on any atom is 0.224 e. The van der Waals surface area contributed by atoms with Gasteiger partial charge in [-0.25, -0.2) is 0 Å². The number of aryl methyl sites for hydroxylation is 2. The third-order valence-corrected chi connectivity index (χ3v) is 4.31. The Morgan fingerprint density at radius 2 is 2.14 bits per heavy atom. The van der Waals surface area contributed by atoms with Gasteiger partial charge in [0.25, 0.3) is 0 Å². The lowest BCUT2D eigenvalue weighted by atomic mass is 9.82. The molecule has 1 aliphatic rings. The number of hydrogen-bond acceptors (Lipinski definition) is 3. The molecule has 0 spiro atoms. The molecule has 5 nitrogen and oxygen atoms in total. The second-order valence-corrected chi connectivity index (χ2v) is 5.84. The van der Waals surface area contributed by atoms with Crippen molar-refractivity contribution in [2.24, 2.45) is 0 Å². The van der Waals surface area contributed by atoms with Crippen molar-refractivity contribution in [2.75, 3.05) is 13.2 Å². The molecule has 0 bridgehead atoms. The van der Waals surface area contributed by atoms with E-state index in [-0.39, 0.29) is 24.5 Å². The molecule has 1 aromatic carbocycles. The van der Waals surface area contributed by atoms with Crippen molar-refractivity contribution < 1.29 is 9.90 Å². The van der Waals surface area contributed by atoms with Crippen LogP contribution in [0.25, 0.3) is 0 Å². The van der Waals surface area contributed by atoms with Crippen LogP contribution in [0.1, 0.15) is 23.5 Å². The molecule has 1 amide bonds. The highest BCUT2D eigenvalue weighted by Crippen LogP contribution is 2.34. The molecule has 2 atom stereocenters. The average molecular weight is 299 g/mol. The molecule has 22 heavy (non-hydrogen) atoms. The first-order valence-corrected chi connectivity index (χ1v) is 7.63. The van der Waals surface area contributed by atoms with E-state index in [2.05, 4.69) is 17.2 Å². The van der Waals surface area contributed by atoms with Crippen LogP contribution in [-0.4, -0.2) is 44.9 Å². The van der Waals surface area contributed by atoms with Crippen LogP contribution in [0.15, 0.2) is 42.7 Å². The fourth-order valence-electron chi connectivity index (χ4n) is 3.03. The lowest BCUT2D eigenvalue weighted by Gasteiger charge is -2.47. The largest absolute Gasteiger partial charge is 0.394 e. The minimum Gasteiger partial charge on any atom is -0.394 e. The molecule has 1 aliphatic heterocycles. The Balaban J connectivity index is 1.57. The number of aliphatic hydroxyl groups excluding tert-OH is 1. The Morgan fingerprint density at radius 1 is 1.36 bits per heavy atom. The Bertz CT molecular complexity index is 638. The first-order chi connectivity index (χ1) is 10.7. The summed E-state index contributed by atoms with van der Waals surface area (Å²) in [6.07, 6.45) is 4.13. The molecule has 0 aliphatic carbocycles. The van der Waals surface area contributed by atoms with Crippen molar-refractivity contribution in [1.29, 1.82) is 0 Å². The van der Waals surface area contributed by atoms with Crippen LogP contribution >= 0.6 is 0 Å². The van der Waals surface area contributed by atoms with Crippen LogP contribution in [0.2, 0.25) is 0 Å². The second-order valence-electron chi connectivity index (χ2n) is 5.84. The minimum atomic E-state index is -0.103. The summed E-state index contributed by atoms with van der Waals surface area (Å²) in [5.41, 5.74) is 2.28. The van der Waals surface area contributed by atoms with E-state index in [1.807, 2.05) is 31.3 Å². The standard InChI is InChI=1S/C17H21N3O2/c1-13-9-18-19(10-13)8-7-17(22)20-11-15(16(20)12-21)14-5-3-2-4-6-14/h2-6,9-10,15-16,21H,7-8,11-12H2,1H3/t15-,16-/m1/s1. The summed E-state index contributed by atoms with van der Waals surface area (Å²) >= 11 is 0. The molecule has 2 heterocycles. The first kappa shape index (κ1) is 14.8. The van der Waals surface area contributed by atoms with Crippen molar-refractivity contribution >= 4 is 5.91 Å². The Morgan fingerprint density at radius 3 is 2.77 bits per heavy atom. The van der Waals surface area contributed by atoms with E-state index in [0.29, 0.717) is 19.5 Å². The van der Waals surface area contributed by atoms with Gasteiger partial charge in [-0.2, -0.15) is 5.10 Å². The predicted molar refractivity (Wildman–Crippen MR) is 83.4 cm³/mol. The summed E-state index contributed by atoms with van der Waals surface area (Å²) in [5.74, 6) is 0.321. The monoisotopic (exact) mass is 299 g/mol. The lowest BCUT2D eigenvalue weighted by molar-refractivity contribution is -0.142. The zero-order chi connectivity index (χ0) is 15.5. The predicted octanol–water partition coefficient (Wildman–Crippen LogP) is 1.57. The Labute approximate surface area is 130 Å². The van der Waals surface area contributed by atoms with Gasteiger partial charge in [0.05, 0.1) is 18.8 Å². The van der Waals surface area contributed by atoms with Gasteiger partial charge in [-0.15, -0.1) is 0 Å². The Kier molecular flexibility index (Phi) is 4.24. The molecule has 116 valence electrons. The van der Waals surface area contributed by atoms with E-state index in [1.165, 1.54) is 5.56 Å². The zero-order valence-electron chi connectivity index (χ0n) is 12.7. The number of carbonyl (C=O) groups is 1. The molecule has 3 rings (SSSR count). The van der Waals surface area contributed by atoms with E-state index in [9.17, 15) is 9.90 Å². The van der Waals surface area contributed by atoms with Gasteiger partial charge < -0.3 is 10.0 Å². The fourth-order valence-corrected chi connectivity index (χ4v) is 3.03. The maximum absolute atomic E-state index is 12.3. The fraction of sp³-hybridized carbons (Fsp3) is 0.412. The lowest BCUT2D eigenvalue weighted by Crippen LogP contribution is -2.58. The van der Waals surface area contributed by atoms with E-state index < -0.39 is 0 Å². The highest BCUT2D eigenvalue weighted by atomic mass is 16.3. The molecule has 0 saturated carbocycles. The van der Waals surface area contributed by atoms with Gasteiger partial charge in [-0.1, -0.05) is 30.3 Å². The number of nitrogens with zero attached hydrogens (tertiary/aromatic N) is 3. The molecule has 1 fully saturated rings. The number of rotatable bonds is 5. The molecule has 1 N–H and O–H groups in total. The van der Waals surface area contributed by atoms with Crippen molar-refractivity contribution in [3.63, 3.8) is 0 Å². The molecule has 2 aromatic rings. The molecular weight excluding hydrogens is 278 g/mol. The average Bonchev–Trinajstić information content (AvgIpc) is 2.91. The zero-order valence-corrected chi connectivity index (χ0v) is 12.7. The van der Waals surface area contributed by atoms with Crippen molar-refractivity contribution in [3.8, 4) is 0 Å². The maximum atomic E-state index is 12.3. The highest BCUT2D eigenvalue weighted by Gasteiger charge is 2.41. The third kappa shape index (κ3) is 2.90. The van der Waals surface area contributed by atoms with Gasteiger partial charge in [0.15, 0.2) is 0 Å². The van der Waals surface area contributed by atoms with Crippen LogP contribution < -0.4 is 0 Å². The summed E-state index contributed by atoms with van der Waals surface area (Å²) in [4.78, 5) is 14.1. The number of aromatic nitrogens is 2. The molecule has 0 radical (unpaired) electrons. The topological polar surface area (TPSA) is 58.4 Å². The number of aliphatic hydroxyl groups is 1. The first-order valence-electron chi connectivity index (χ1n) is 7.63. The second kappa shape index (κ2) is 6.32. The third-order valence-electron chi connectivity index (χ3n) is 4.31. The molecule has 1 saturated heterocycles. The van der Waals surface area contributed by atoms with Gasteiger partial charge >= 0.3 is 0 Å². The highest BCUT2D eigenvalue weighted by molar-refractivity contribution is 5.78. The van der Waals surface area contributed by atoms with Gasteiger partial charge in [0, 0.05) is 31.6 Å². The molecule has 5 heteroatoms. The number of benzene rings is 1. The Hall–Kier alpha value is -2.14. The molecule has 0 unspecified atom stereocenters. The van der Waals surface area contributed by atoms with Gasteiger partial charge in [0.1, 0.15) is 0 Å². The summed E-state index contributed by atoms with van der Waals surface area (Å²) in [6.45, 7) is 3.25. The normalized spacial score (nSPS) is 20.7. The number of likely N-dealkylation sites (tertiary alicyclic amines) is 1. The minimum absolute atomic E-state index is 0.00613. The van der Waals surface area contributed by atoms with E-state index in [4.69, 9.17) is 0 Å². The summed E-state index contributed by atoms with van der Waals surface area (Å²) in [7, 11) is 0. The van der Waals surface area contributed by atoms with Crippen LogP contribution in [0.4, 0.5) is 0 Å². The van der Waals surface area contributed by atoms with E-state index >= 15 is 0 Å². The number of hydrogen-bond donors (Lipinski definition) is 1. The molecular formula is C17H21N3O2. The van der Waals surface area contributed by atoms with E-state index in [0.717, 1.165) is 5.56 Å². The van der Waals surface area contributed by atoms with Crippen molar-refractivity contribution in [3.05, 3.63) is 53.9 Å². The summed E-state index contributed by atoms with van der Waals surface area (Å²) < 4.78 is 1.79. The smallest absolute Gasteiger partial charge is 0.224 e. The van der Waals surface area contributed by atoms with Crippen molar-refractivity contribution in [2.45, 2.75) is 31.8 Å². The van der Waals surface area contributed by atoms with Gasteiger partial charge in [0.2, 0.25) is 5.91 Å². The van der Waals surface area contributed by atoms with Crippen LogP contribution in [-0.2, 0) is 11.3 Å². The number of amides is 1. The van der Waals surface area contributed by atoms with E-state index in [1.54, 1.807) is 15.8 Å². The number of carbonyl (C=O) groups excluding carboxylic acids is 1.